The van der Waals surface area contributed by atoms with E-state index in [4.69, 9.17) is 0 Å². The van der Waals surface area contributed by atoms with E-state index in [9.17, 15) is 0 Å². The van der Waals surface area contributed by atoms with E-state index < -0.39 is 0 Å². The van der Waals surface area contributed by atoms with Gasteiger partial charge in [0.1, 0.15) is 0 Å². The zero-order valence-corrected chi connectivity index (χ0v) is 16.3. The molecule has 0 aliphatic heterocycles. The van der Waals surface area contributed by atoms with Crippen molar-refractivity contribution in [1.29, 1.82) is 0 Å². The Morgan fingerprint density at radius 3 is 1.52 bits per heavy atom. The van der Waals surface area contributed by atoms with Crippen LogP contribution >= 0.6 is 0 Å². The highest BCUT2D eigenvalue weighted by atomic mass is 14.4. The van der Waals surface area contributed by atoms with E-state index in [0.29, 0.717) is 0 Å². The van der Waals surface area contributed by atoms with Crippen LogP contribution in [0.15, 0.2) is 0 Å². The van der Waals surface area contributed by atoms with Gasteiger partial charge in [-0.25, -0.2) is 0 Å². The minimum atomic E-state index is 1.07. The van der Waals surface area contributed by atoms with Crippen LogP contribution in [-0.4, -0.2) is 0 Å². The Bertz CT molecular complexity index is 266. The summed E-state index contributed by atoms with van der Waals surface area (Å²) in [5.41, 5.74) is 0. The predicted octanol–water partition coefficient (Wildman–Crippen LogP) is 8.15. The smallest absolute Gasteiger partial charge is 0.0386 e. The van der Waals surface area contributed by atoms with Gasteiger partial charge in [-0.2, -0.15) is 0 Å². The highest BCUT2D eigenvalue weighted by molar-refractivity contribution is 4.81. The maximum absolute atomic E-state index is 2.39. The zero-order chi connectivity index (χ0) is 16.3. The standard InChI is InChI=1S/C23H44/c1-3-5-6-7-8-9-10-11-21-14-18-23(19-15-21)22-16-12-20(4-2)13-17-22/h20-23H,3-19H2,1-2H3/t20-,21?,22-,23?. The molecule has 0 heterocycles. The van der Waals surface area contributed by atoms with Crippen molar-refractivity contribution in [3.63, 3.8) is 0 Å². The molecule has 0 nitrogen and oxygen atoms in total. The van der Waals surface area contributed by atoms with Crippen LogP contribution in [0.2, 0.25) is 0 Å². The van der Waals surface area contributed by atoms with Gasteiger partial charge < -0.3 is 0 Å². The van der Waals surface area contributed by atoms with Crippen molar-refractivity contribution in [2.75, 3.05) is 0 Å². The molecule has 2 saturated carbocycles. The van der Waals surface area contributed by atoms with Crippen molar-refractivity contribution < 1.29 is 0 Å². The van der Waals surface area contributed by atoms with Gasteiger partial charge in [0.2, 0.25) is 0 Å². The fourth-order valence-electron chi connectivity index (χ4n) is 5.41. The zero-order valence-electron chi connectivity index (χ0n) is 16.3. The largest absolute Gasteiger partial charge is 0.0654 e. The first-order valence-electron chi connectivity index (χ1n) is 11.3. The first-order valence-corrected chi connectivity index (χ1v) is 11.3. The van der Waals surface area contributed by atoms with E-state index >= 15 is 0 Å². The van der Waals surface area contributed by atoms with E-state index in [1.54, 1.807) is 57.8 Å². The average molecular weight is 321 g/mol. The molecule has 2 aliphatic rings. The van der Waals surface area contributed by atoms with Gasteiger partial charge in [0, 0.05) is 0 Å². The minimum absolute atomic E-state index is 1.07. The molecule has 2 fully saturated rings. The van der Waals surface area contributed by atoms with Gasteiger partial charge in [0.05, 0.1) is 0 Å². The van der Waals surface area contributed by atoms with Gasteiger partial charge in [0.15, 0.2) is 0 Å². The molecule has 0 aromatic carbocycles. The molecule has 0 unspecified atom stereocenters. The lowest BCUT2D eigenvalue weighted by atomic mass is 9.68. The van der Waals surface area contributed by atoms with Crippen LogP contribution in [-0.2, 0) is 0 Å². The van der Waals surface area contributed by atoms with Crippen molar-refractivity contribution in [1.82, 2.24) is 0 Å². The summed E-state index contributed by atoms with van der Waals surface area (Å²) in [4.78, 5) is 0. The SMILES string of the molecule is CCCCCCCCCC1CCC([C@H]2CC[C@H](CC)CC2)CC1. The molecule has 0 heteroatoms. The summed E-state index contributed by atoms with van der Waals surface area (Å²) in [7, 11) is 0. The lowest BCUT2D eigenvalue weighted by Crippen LogP contribution is -2.25. The fourth-order valence-corrected chi connectivity index (χ4v) is 5.41. The molecule has 2 rings (SSSR count). The van der Waals surface area contributed by atoms with Crippen molar-refractivity contribution >= 4 is 0 Å². The minimum Gasteiger partial charge on any atom is -0.0654 e. The Morgan fingerprint density at radius 2 is 1.00 bits per heavy atom. The third kappa shape index (κ3) is 7.18. The molecule has 0 radical (unpaired) electrons. The first kappa shape index (κ1) is 19.3. The normalized spacial score (nSPS) is 32.1. The molecule has 2 aliphatic carbocycles. The van der Waals surface area contributed by atoms with Gasteiger partial charge in [0.25, 0.3) is 0 Å². The average Bonchev–Trinajstić information content (AvgIpc) is 2.61. The summed E-state index contributed by atoms with van der Waals surface area (Å²) < 4.78 is 0. The summed E-state index contributed by atoms with van der Waals surface area (Å²) in [5, 5.41) is 0. The Labute approximate surface area is 147 Å². The van der Waals surface area contributed by atoms with Crippen LogP contribution < -0.4 is 0 Å². The number of unbranched alkanes of at least 4 members (excludes halogenated alkanes) is 6. The molecule has 0 aromatic rings. The second kappa shape index (κ2) is 11.5. The molecule has 0 saturated heterocycles. The summed E-state index contributed by atoms with van der Waals surface area (Å²) in [6.07, 6.45) is 25.8. The van der Waals surface area contributed by atoms with Crippen LogP contribution in [0.4, 0.5) is 0 Å². The maximum atomic E-state index is 2.39. The highest BCUT2D eigenvalue weighted by Gasteiger charge is 2.30. The van der Waals surface area contributed by atoms with E-state index in [1.807, 2.05) is 0 Å². The number of hydrogen-bond donors (Lipinski definition) is 0. The summed E-state index contributed by atoms with van der Waals surface area (Å²) in [6, 6.07) is 0. The van der Waals surface area contributed by atoms with Crippen LogP contribution in [0.1, 0.15) is 123 Å². The van der Waals surface area contributed by atoms with Gasteiger partial charge in [-0.3, -0.25) is 0 Å². The molecule has 0 N–H and O–H groups in total. The fraction of sp³-hybridized carbons (Fsp3) is 1.00. The molecular weight excluding hydrogens is 276 g/mol. The monoisotopic (exact) mass is 320 g/mol. The van der Waals surface area contributed by atoms with Crippen LogP contribution in [0.3, 0.4) is 0 Å². The van der Waals surface area contributed by atoms with Gasteiger partial charge in [-0.1, -0.05) is 97.3 Å². The third-order valence-corrected chi connectivity index (χ3v) is 7.24. The van der Waals surface area contributed by atoms with E-state index in [-0.39, 0.29) is 0 Å². The topological polar surface area (TPSA) is 0 Å². The second-order valence-corrected chi connectivity index (χ2v) is 8.88. The Morgan fingerprint density at radius 1 is 0.522 bits per heavy atom. The van der Waals surface area contributed by atoms with Gasteiger partial charge in [-0.05, 0) is 49.4 Å². The van der Waals surface area contributed by atoms with Crippen molar-refractivity contribution in [3.8, 4) is 0 Å². The van der Waals surface area contributed by atoms with E-state index in [0.717, 1.165) is 23.7 Å². The third-order valence-electron chi connectivity index (χ3n) is 7.24. The molecule has 0 amide bonds. The Kier molecular flexibility index (Phi) is 9.69. The lowest BCUT2D eigenvalue weighted by molar-refractivity contribution is 0.141. The van der Waals surface area contributed by atoms with Crippen LogP contribution in [0.25, 0.3) is 0 Å². The Hall–Kier alpha value is 0. The predicted molar refractivity (Wildman–Crippen MR) is 104 cm³/mol. The quantitative estimate of drug-likeness (QED) is 0.356. The molecule has 0 spiro atoms. The highest BCUT2D eigenvalue weighted by Crippen LogP contribution is 2.42. The van der Waals surface area contributed by atoms with E-state index in [2.05, 4.69) is 13.8 Å². The second-order valence-electron chi connectivity index (χ2n) is 8.88. The van der Waals surface area contributed by atoms with Crippen LogP contribution in [0, 0.1) is 23.7 Å². The molecular formula is C23H44. The van der Waals surface area contributed by atoms with Crippen molar-refractivity contribution in [2.45, 2.75) is 123 Å². The van der Waals surface area contributed by atoms with Crippen molar-refractivity contribution in [3.05, 3.63) is 0 Å². The molecule has 0 aromatic heterocycles. The molecule has 0 bridgehead atoms. The first-order chi connectivity index (χ1) is 11.3. The van der Waals surface area contributed by atoms with E-state index in [1.165, 1.54) is 51.4 Å². The van der Waals surface area contributed by atoms with Gasteiger partial charge >= 0.3 is 0 Å². The summed E-state index contributed by atoms with van der Waals surface area (Å²) in [5.74, 6) is 4.38. The summed E-state index contributed by atoms with van der Waals surface area (Å²) in [6.45, 7) is 4.70. The Balaban J connectivity index is 1.49. The number of hydrogen-bond acceptors (Lipinski definition) is 0. The molecule has 0 atom stereocenters. The number of rotatable bonds is 10. The lowest BCUT2D eigenvalue weighted by Gasteiger charge is -2.37. The van der Waals surface area contributed by atoms with Crippen LogP contribution in [0.5, 0.6) is 0 Å². The van der Waals surface area contributed by atoms with Gasteiger partial charge in [-0.15, -0.1) is 0 Å². The molecule has 23 heavy (non-hydrogen) atoms. The van der Waals surface area contributed by atoms with Crippen molar-refractivity contribution in [2.24, 2.45) is 23.7 Å². The summed E-state index contributed by atoms with van der Waals surface area (Å²) >= 11 is 0. The maximum Gasteiger partial charge on any atom is -0.0386 e. The molecule has 136 valence electrons.